The fourth-order valence-electron chi connectivity index (χ4n) is 4.44. The van der Waals surface area contributed by atoms with Crippen molar-refractivity contribution >= 4 is 0 Å². The monoisotopic (exact) mass is 339 g/mol. The molecule has 0 saturated carbocycles. The lowest BCUT2D eigenvalue weighted by Gasteiger charge is -2.42. The Hall–Kier alpha value is -0.120. The van der Waals surface area contributed by atoms with Crippen LogP contribution in [0.2, 0.25) is 0 Å². The van der Waals surface area contributed by atoms with Gasteiger partial charge in [-0.15, -0.1) is 0 Å². The third-order valence-corrected chi connectivity index (χ3v) is 5.96. The summed E-state index contributed by atoms with van der Waals surface area (Å²) in [6, 6.07) is 0.731. The first-order valence-electron chi connectivity index (χ1n) is 10.4. The minimum atomic E-state index is 0.539. The molecule has 144 valence electrons. The van der Waals surface area contributed by atoms with Gasteiger partial charge in [0.15, 0.2) is 0 Å². The molecule has 2 heterocycles. The molecule has 2 fully saturated rings. The van der Waals surface area contributed by atoms with Gasteiger partial charge in [0, 0.05) is 32.2 Å². The van der Waals surface area contributed by atoms with E-state index < -0.39 is 0 Å². The molecule has 2 aliphatic heterocycles. The first-order chi connectivity index (χ1) is 11.3. The summed E-state index contributed by atoms with van der Waals surface area (Å²) < 4.78 is 0. The first kappa shape index (κ1) is 21.9. The Morgan fingerprint density at radius 1 is 0.958 bits per heavy atom. The van der Waals surface area contributed by atoms with Gasteiger partial charge < -0.3 is 15.1 Å². The van der Waals surface area contributed by atoms with Crippen LogP contribution in [0.3, 0.4) is 0 Å². The van der Waals surface area contributed by atoms with Gasteiger partial charge >= 0.3 is 0 Å². The van der Waals surface area contributed by atoms with Crippen LogP contribution >= 0.6 is 0 Å². The van der Waals surface area contributed by atoms with Gasteiger partial charge in [0.2, 0.25) is 0 Å². The van der Waals surface area contributed by atoms with Crippen molar-refractivity contribution in [1.82, 2.24) is 15.1 Å². The second-order valence-electron chi connectivity index (χ2n) is 9.17. The summed E-state index contributed by atoms with van der Waals surface area (Å²) in [4.78, 5) is 5.08. The molecule has 0 aliphatic carbocycles. The average Bonchev–Trinajstić information content (AvgIpc) is 2.55. The minimum absolute atomic E-state index is 0.539. The summed E-state index contributed by atoms with van der Waals surface area (Å²) in [6.07, 6.45) is 4.18. The van der Waals surface area contributed by atoms with Crippen LogP contribution in [0.15, 0.2) is 0 Å². The van der Waals surface area contributed by atoms with Crippen LogP contribution in [0.1, 0.15) is 67.7 Å². The molecule has 0 aromatic heterocycles. The van der Waals surface area contributed by atoms with E-state index >= 15 is 0 Å². The zero-order chi connectivity index (χ0) is 18.2. The first-order valence-corrected chi connectivity index (χ1v) is 10.4. The molecule has 0 bridgehead atoms. The molecule has 0 radical (unpaired) electrons. The van der Waals surface area contributed by atoms with E-state index in [1.54, 1.807) is 0 Å². The lowest BCUT2D eigenvalue weighted by molar-refractivity contribution is 0.0702. The molecule has 0 amide bonds. The van der Waals surface area contributed by atoms with Crippen molar-refractivity contribution in [2.75, 3.05) is 45.8 Å². The molecule has 0 atom stereocenters. The fourth-order valence-corrected chi connectivity index (χ4v) is 4.44. The van der Waals surface area contributed by atoms with Crippen LogP contribution in [-0.2, 0) is 0 Å². The largest absolute Gasteiger partial charge is 0.314 e. The fraction of sp³-hybridized carbons (Fsp3) is 1.00. The normalized spacial score (nSPS) is 21.9. The summed E-state index contributed by atoms with van der Waals surface area (Å²) in [7, 11) is 0. The Morgan fingerprint density at radius 3 is 1.88 bits per heavy atom. The van der Waals surface area contributed by atoms with Crippen LogP contribution < -0.4 is 5.32 Å². The van der Waals surface area contributed by atoms with Gasteiger partial charge in [-0.3, -0.25) is 0 Å². The van der Waals surface area contributed by atoms with Crippen LogP contribution in [-0.4, -0.2) is 61.7 Å². The van der Waals surface area contributed by atoms with Crippen LogP contribution in [0, 0.1) is 17.3 Å². The number of nitrogens with one attached hydrogen (secondary N) is 1. The summed E-state index contributed by atoms with van der Waals surface area (Å²) in [5.74, 6) is 1.77. The number of likely N-dealkylation sites (N-methyl/N-ethyl adjacent to an activating group) is 1. The Labute approximate surface area is 152 Å². The third-order valence-electron chi connectivity index (χ3n) is 5.96. The summed E-state index contributed by atoms with van der Waals surface area (Å²) in [5, 5.41) is 3.31. The molecule has 2 aliphatic rings. The van der Waals surface area contributed by atoms with Crippen molar-refractivity contribution in [2.45, 2.75) is 73.8 Å². The molecule has 0 aromatic rings. The molecular weight excluding hydrogens is 294 g/mol. The highest BCUT2D eigenvalue weighted by molar-refractivity contribution is 4.85. The van der Waals surface area contributed by atoms with E-state index in [-0.39, 0.29) is 0 Å². The van der Waals surface area contributed by atoms with Crippen LogP contribution in [0.5, 0.6) is 0 Å². The number of nitrogens with zero attached hydrogens (tertiary/aromatic N) is 2. The predicted octanol–water partition coefficient (Wildman–Crippen LogP) is 4.09. The second kappa shape index (κ2) is 10.8. The van der Waals surface area contributed by atoms with Gasteiger partial charge in [-0.2, -0.15) is 0 Å². The van der Waals surface area contributed by atoms with E-state index in [4.69, 9.17) is 0 Å². The highest BCUT2D eigenvalue weighted by atomic mass is 15.2. The summed E-state index contributed by atoms with van der Waals surface area (Å²) in [5.41, 5.74) is 0.539. The highest BCUT2D eigenvalue weighted by Crippen LogP contribution is 2.40. The van der Waals surface area contributed by atoms with Gasteiger partial charge in [-0.1, -0.05) is 34.6 Å². The topological polar surface area (TPSA) is 18.5 Å². The molecule has 0 spiro atoms. The maximum absolute atomic E-state index is 3.31. The van der Waals surface area contributed by atoms with Gasteiger partial charge in [0.05, 0.1) is 0 Å². The van der Waals surface area contributed by atoms with E-state index in [1.165, 1.54) is 65.1 Å². The maximum atomic E-state index is 3.31. The zero-order valence-corrected chi connectivity index (χ0v) is 17.7. The molecule has 3 heteroatoms. The highest BCUT2D eigenvalue weighted by Gasteiger charge is 2.33. The number of hydrogen-bond acceptors (Lipinski definition) is 3. The van der Waals surface area contributed by atoms with Gasteiger partial charge in [-0.25, -0.2) is 0 Å². The maximum Gasteiger partial charge on any atom is 0.0107 e. The second-order valence-corrected chi connectivity index (χ2v) is 9.17. The number of likely N-dealkylation sites (tertiary alicyclic amines) is 1. The Morgan fingerprint density at radius 2 is 1.50 bits per heavy atom. The standard InChI is InChI=1S/C15H31N.C6H14N2/c1-12(2)11-15(5,6)14-7-9-16(10-8-14)13(3)4;1-2-8-5-3-7-4-6-8/h12-14H,7-11H2,1-6H3;7H,2-6H2,1H3. The van der Waals surface area contributed by atoms with Crippen molar-refractivity contribution < 1.29 is 0 Å². The van der Waals surface area contributed by atoms with E-state index in [1.807, 2.05) is 0 Å². The number of hydrogen-bond donors (Lipinski definition) is 1. The minimum Gasteiger partial charge on any atom is -0.314 e. The van der Waals surface area contributed by atoms with Crippen LogP contribution in [0.25, 0.3) is 0 Å². The van der Waals surface area contributed by atoms with Gasteiger partial charge in [0.25, 0.3) is 0 Å². The molecule has 0 unspecified atom stereocenters. The zero-order valence-electron chi connectivity index (χ0n) is 17.7. The van der Waals surface area contributed by atoms with E-state index in [2.05, 4.69) is 63.6 Å². The quantitative estimate of drug-likeness (QED) is 0.814. The molecular formula is C21H45N3. The average molecular weight is 340 g/mol. The van der Waals surface area contributed by atoms with Crippen molar-refractivity contribution in [3.8, 4) is 0 Å². The smallest absolute Gasteiger partial charge is 0.0107 e. The summed E-state index contributed by atoms with van der Waals surface area (Å²) in [6.45, 7) is 25.1. The number of piperazine rings is 1. The van der Waals surface area contributed by atoms with Crippen molar-refractivity contribution in [3.63, 3.8) is 0 Å². The number of rotatable bonds is 5. The Bertz CT molecular complexity index is 311. The molecule has 2 rings (SSSR count). The van der Waals surface area contributed by atoms with Gasteiger partial charge in [-0.05, 0) is 70.0 Å². The van der Waals surface area contributed by atoms with Crippen molar-refractivity contribution in [1.29, 1.82) is 0 Å². The lowest BCUT2D eigenvalue weighted by atomic mass is 9.69. The molecule has 1 N–H and O–H groups in total. The van der Waals surface area contributed by atoms with E-state index in [0.717, 1.165) is 17.9 Å². The predicted molar refractivity (Wildman–Crippen MR) is 108 cm³/mol. The van der Waals surface area contributed by atoms with Crippen molar-refractivity contribution in [2.24, 2.45) is 17.3 Å². The molecule has 2 saturated heterocycles. The summed E-state index contributed by atoms with van der Waals surface area (Å²) >= 11 is 0. The molecule has 0 aromatic carbocycles. The van der Waals surface area contributed by atoms with Crippen molar-refractivity contribution in [3.05, 3.63) is 0 Å². The third kappa shape index (κ3) is 7.84. The van der Waals surface area contributed by atoms with Gasteiger partial charge in [0.1, 0.15) is 0 Å². The number of piperidine rings is 1. The van der Waals surface area contributed by atoms with Crippen LogP contribution in [0.4, 0.5) is 0 Å². The Balaban J connectivity index is 0.000000300. The molecule has 3 nitrogen and oxygen atoms in total. The SMILES string of the molecule is CC(C)CC(C)(C)C1CCN(C(C)C)CC1.CCN1CCNCC1. The Kier molecular flexibility index (Phi) is 9.84. The van der Waals surface area contributed by atoms with E-state index in [0.29, 0.717) is 5.41 Å². The molecule has 24 heavy (non-hydrogen) atoms. The van der Waals surface area contributed by atoms with E-state index in [9.17, 15) is 0 Å². The lowest BCUT2D eigenvalue weighted by Crippen LogP contribution is -2.43.